The number of nitrogens with two attached hydrogens (primary N) is 5. The zero-order valence-corrected chi connectivity index (χ0v) is 14.5. The summed E-state index contributed by atoms with van der Waals surface area (Å²) in [5, 5.41) is 11.5. The topological polar surface area (TPSA) is 238 Å². The smallest absolute Gasteiger partial charge is 0.326 e. The first kappa shape index (κ1) is 21.2. The van der Waals surface area contributed by atoms with Crippen molar-refractivity contribution in [3.63, 3.8) is 0 Å². The average molecular weight is 373 g/mol. The minimum absolute atomic E-state index is 0.0248. The van der Waals surface area contributed by atoms with Gasteiger partial charge in [0.2, 0.25) is 5.91 Å². The molecule has 0 radical (unpaired) electrons. The van der Waals surface area contributed by atoms with Crippen molar-refractivity contribution < 1.29 is 20.9 Å². The summed E-state index contributed by atoms with van der Waals surface area (Å²) in [6.45, 7) is -0.422. The van der Waals surface area contributed by atoms with E-state index in [0.717, 1.165) is 0 Å². The molecule has 0 heterocycles. The quantitative estimate of drug-likeness (QED) is 0.0794. The second kappa shape index (κ2) is 10.9. The number of aliphatic carboxylic acids is 1. The lowest BCUT2D eigenvalue weighted by molar-refractivity contribution is -0.144. The summed E-state index contributed by atoms with van der Waals surface area (Å²) in [5.41, 5.74) is 24.6. The number of nitrogens with one attached hydrogen (secondary N) is 1. The second-order valence-electron chi connectivity index (χ2n) is 5.62. The molecule has 0 aliphatic rings. The van der Waals surface area contributed by atoms with Crippen LogP contribution < -0.4 is 34.0 Å². The normalized spacial score (nSPS) is 14.3. The Morgan fingerprint density at radius 3 is 2.12 bits per heavy atom. The van der Waals surface area contributed by atoms with Crippen molar-refractivity contribution in [2.75, 3.05) is 13.1 Å². The molecular formula is C14H28N8O4. The summed E-state index contributed by atoms with van der Waals surface area (Å²) in [5.74, 6) is -3.39. The summed E-state index contributed by atoms with van der Waals surface area (Å²) in [7, 11) is 0. The molecule has 0 aromatic rings. The first-order valence-corrected chi connectivity index (χ1v) is 7.80. The zero-order valence-electron chi connectivity index (χ0n) is 15.5. The Labute approximate surface area is 152 Å². The number of carbonyl (C=O) groups excluding carboxylic acids is 2. The van der Waals surface area contributed by atoms with Crippen molar-refractivity contribution in [1.82, 2.24) is 5.32 Å². The van der Waals surface area contributed by atoms with Crippen LogP contribution in [0.25, 0.3) is 0 Å². The van der Waals surface area contributed by atoms with Crippen LogP contribution in [-0.4, -0.2) is 59.4 Å². The van der Waals surface area contributed by atoms with Crippen LogP contribution in [0.4, 0.5) is 0 Å². The fourth-order valence-corrected chi connectivity index (χ4v) is 1.99. The molecule has 0 saturated carbocycles. The molecule has 0 aliphatic heterocycles. The molecule has 0 bridgehead atoms. The van der Waals surface area contributed by atoms with E-state index in [1.807, 2.05) is 0 Å². The third kappa shape index (κ3) is 8.28. The van der Waals surface area contributed by atoms with E-state index in [1.165, 1.54) is 0 Å². The maximum atomic E-state index is 12.5. The number of rotatable bonds is 12. The summed E-state index contributed by atoms with van der Waals surface area (Å²) >= 11 is 0. The van der Waals surface area contributed by atoms with E-state index < -0.39 is 36.1 Å². The molecule has 12 nitrogen and oxygen atoms in total. The van der Waals surface area contributed by atoms with Crippen molar-refractivity contribution >= 4 is 29.6 Å². The molecule has 0 spiro atoms. The Bertz CT molecular complexity index is 590. The van der Waals surface area contributed by atoms with Gasteiger partial charge in [-0.1, -0.05) is 0 Å². The highest BCUT2D eigenvalue weighted by Crippen LogP contribution is 2.13. The maximum absolute atomic E-state index is 12.5. The first-order chi connectivity index (χ1) is 12.5. The van der Waals surface area contributed by atoms with Crippen LogP contribution in [0.5, 0.6) is 0 Å². The molecule has 0 rings (SSSR count). The van der Waals surface area contributed by atoms with E-state index in [2.05, 4.69) is 15.3 Å². The van der Waals surface area contributed by atoms with E-state index in [1.54, 1.807) is 0 Å². The minimum Gasteiger partial charge on any atom is -0.480 e. The van der Waals surface area contributed by atoms with Crippen LogP contribution in [0.1, 0.15) is 34.0 Å². The maximum Gasteiger partial charge on any atom is 0.326 e. The van der Waals surface area contributed by atoms with E-state index in [4.69, 9.17) is 30.0 Å². The van der Waals surface area contributed by atoms with Crippen LogP contribution in [0.2, 0.25) is 0 Å². The van der Waals surface area contributed by atoms with Gasteiger partial charge < -0.3 is 39.1 Å². The number of carbonyl (C=O) groups is 3. The van der Waals surface area contributed by atoms with E-state index in [9.17, 15) is 19.5 Å². The van der Waals surface area contributed by atoms with Crippen LogP contribution in [0, 0.1) is 0 Å². The van der Waals surface area contributed by atoms with Crippen LogP contribution in [0.15, 0.2) is 9.98 Å². The molecule has 0 aromatic heterocycles. The van der Waals surface area contributed by atoms with Gasteiger partial charge in [0.05, 0.1) is 0 Å². The summed E-state index contributed by atoms with van der Waals surface area (Å²) in [6.07, 6.45) is 0.351. The van der Waals surface area contributed by atoms with Gasteiger partial charge in [-0.15, -0.1) is 0 Å². The van der Waals surface area contributed by atoms with E-state index in [0.29, 0.717) is 0 Å². The van der Waals surface area contributed by atoms with Crippen molar-refractivity contribution in [3.05, 3.63) is 0 Å². The minimum atomic E-state index is -2.05. The predicted molar refractivity (Wildman–Crippen MR) is 97.0 cm³/mol. The lowest BCUT2D eigenvalue weighted by Gasteiger charge is -2.27. The van der Waals surface area contributed by atoms with Crippen molar-refractivity contribution in [2.24, 2.45) is 38.7 Å². The van der Waals surface area contributed by atoms with Gasteiger partial charge in [-0.3, -0.25) is 19.6 Å². The average Bonchev–Trinajstić information content (AvgIpc) is 2.59. The van der Waals surface area contributed by atoms with Gasteiger partial charge in [0.15, 0.2) is 23.2 Å². The van der Waals surface area contributed by atoms with E-state index in [-0.39, 0.29) is 50.7 Å². The number of Topliss-reactive ketones (excluding diaryl/α,β-unsaturated/α-hetero) is 1. The van der Waals surface area contributed by atoms with Crippen LogP contribution in [0.3, 0.4) is 0 Å². The van der Waals surface area contributed by atoms with Gasteiger partial charge in [-0.25, -0.2) is 4.79 Å². The molecule has 1 amide bonds. The molecule has 0 aliphatic carbocycles. The van der Waals surface area contributed by atoms with Gasteiger partial charge in [0, 0.05) is 14.5 Å². The molecule has 26 heavy (non-hydrogen) atoms. The van der Waals surface area contributed by atoms with Gasteiger partial charge in [0.1, 0.15) is 6.04 Å². The fraction of sp³-hybridized carbons (Fsp3) is 0.643. The molecule has 12 heteroatoms. The summed E-state index contributed by atoms with van der Waals surface area (Å²) in [6, 6.07) is -1.29. The Balaban J connectivity index is 5.05. The number of aliphatic imine (C=N–C) groups is 2. The van der Waals surface area contributed by atoms with Gasteiger partial charge >= 0.3 is 5.97 Å². The summed E-state index contributed by atoms with van der Waals surface area (Å²) in [4.78, 5) is 43.3. The molecular weight excluding hydrogens is 344 g/mol. The first-order valence-electron chi connectivity index (χ1n) is 8.51. The summed E-state index contributed by atoms with van der Waals surface area (Å²) < 4.78 is 7.22. The number of nitrogens with zero attached hydrogens (tertiary/aromatic N) is 2. The van der Waals surface area contributed by atoms with Crippen LogP contribution in [-0.2, 0) is 14.4 Å². The molecule has 12 N–H and O–H groups in total. The second-order valence-corrected chi connectivity index (χ2v) is 5.62. The number of hydrogen-bond donors (Lipinski definition) is 7. The Morgan fingerprint density at radius 2 is 1.65 bits per heavy atom. The zero-order chi connectivity index (χ0) is 21.0. The lowest BCUT2D eigenvalue weighted by Crippen LogP contribution is -2.61. The fourth-order valence-electron chi connectivity index (χ4n) is 1.99. The highest BCUT2D eigenvalue weighted by molar-refractivity contribution is 6.10. The molecule has 2 atom stereocenters. The van der Waals surface area contributed by atoms with Crippen LogP contribution >= 0.6 is 0 Å². The number of amides is 1. The van der Waals surface area contributed by atoms with Crippen molar-refractivity contribution in [3.8, 4) is 0 Å². The Morgan fingerprint density at radius 1 is 1.12 bits per heavy atom. The SMILES string of the molecule is [2H]CC(=O)[C@](N)(CCCN=C(N)N)C(=O)N[C@@H](CCCN=C(N)N)C(=O)O. The van der Waals surface area contributed by atoms with Gasteiger partial charge in [-0.05, 0) is 32.6 Å². The standard InChI is InChI=1S/C14H28N8O4/c1-8(23)14(19,5-3-7-21-13(17)18)11(26)22-9(10(24)25)4-2-6-20-12(15)16/h9H,2-7,19H2,1H3,(H,22,26)(H,24,25)(H4,15,16,20)(H4,17,18,21)/t9-,14+/m0/s1/i1D. The number of carboxylic acid groups (broad SMARTS) is 1. The van der Waals surface area contributed by atoms with Gasteiger partial charge in [-0.2, -0.15) is 0 Å². The molecule has 0 saturated heterocycles. The van der Waals surface area contributed by atoms with E-state index >= 15 is 0 Å². The van der Waals surface area contributed by atoms with Crippen molar-refractivity contribution in [1.29, 1.82) is 0 Å². The number of carboxylic acids is 1. The Kier molecular flexibility index (Phi) is 8.84. The Hall–Kier alpha value is -2.89. The highest BCUT2D eigenvalue weighted by Gasteiger charge is 2.40. The van der Waals surface area contributed by atoms with Gasteiger partial charge in [0.25, 0.3) is 0 Å². The third-order valence-electron chi connectivity index (χ3n) is 3.48. The van der Waals surface area contributed by atoms with Crippen molar-refractivity contribution in [2.45, 2.75) is 44.2 Å². The highest BCUT2D eigenvalue weighted by atomic mass is 16.4. The monoisotopic (exact) mass is 373 g/mol. The molecule has 0 unspecified atom stereocenters. The molecule has 0 aromatic carbocycles. The third-order valence-corrected chi connectivity index (χ3v) is 3.48. The number of ketones is 1. The molecule has 148 valence electrons. The number of hydrogen-bond acceptors (Lipinski definition) is 6. The lowest BCUT2D eigenvalue weighted by atomic mass is 9.89. The molecule has 0 fully saturated rings. The predicted octanol–water partition coefficient (Wildman–Crippen LogP) is -3.05. The largest absolute Gasteiger partial charge is 0.480 e. The number of guanidine groups is 2.